The first-order valence-corrected chi connectivity index (χ1v) is 9.11. The lowest BCUT2D eigenvalue weighted by Crippen LogP contribution is -2.17. The van der Waals surface area contributed by atoms with Crippen LogP contribution in [0.1, 0.15) is 23.7 Å². The van der Waals surface area contributed by atoms with Gasteiger partial charge in [-0.05, 0) is 36.8 Å². The molecule has 0 heterocycles. The van der Waals surface area contributed by atoms with Crippen molar-refractivity contribution in [1.29, 1.82) is 0 Å². The van der Waals surface area contributed by atoms with Crippen LogP contribution in [0.3, 0.4) is 0 Å². The average molecular weight is 353 g/mol. The fourth-order valence-corrected chi connectivity index (χ4v) is 3.29. The van der Waals surface area contributed by atoms with Gasteiger partial charge in [0.15, 0.2) is 0 Å². The van der Waals surface area contributed by atoms with Crippen molar-refractivity contribution in [2.24, 2.45) is 0 Å². The Morgan fingerprint density at radius 3 is 2.57 bits per heavy atom. The lowest BCUT2D eigenvalue weighted by Gasteiger charge is -2.10. The van der Waals surface area contributed by atoms with Crippen LogP contribution in [0.2, 0.25) is 5.02 Å². The van der Waals surface area contributed by atoms with Crippen molar-refractivity contribution in [3.8, 4) is 0 Å². The molecule has 0 saturated heterocycles. The van der Waals surface area contributed by atoms with Gasteiger partial charge in [0.1, 0.15) is 0 Å². The zero-order valence-electron chi connectivity index (χ0n) is 12.5. The maximum Gasteiger partial charge on any atom is 0.255 e. The number of carbonyl (C=O) groups excluding carboxylic acids is 1. The van der Waals surface area contributed by atoms with Crippen molar-refractivity contribution in [3.63, 3.8) is 0 Å². The molecule has 0 bridgehead atoms. The molecule has 2 aromatic carbocycles. The lowest BCUT2D eigenvalue weighted by molar-refractivity contribution is 0.102. The Kier molecular flexibility index (Phi) is 5.63. The van der Waals surface area contributed by atoms with Crippen LogP contribution in [0, 0.1) is 0 Å². The minimum absolute atomic E-state index is 0.0308. The van der Waals surface area contributed by atoms with E-state index < -0.39 is 10.0 Å². The number of hydrogen-bond acceptors (Lipinski definition) is 3. The normalized spacial score (nSPS) is 11.0. The second-order valence-corrected chi connectivity index (χ2v) is 7.18. The van der Waals surface area contributed by atoms with Gasteiger partial charge in [0, 0.05) is 11.3 Å². The molecule has 0 atom stereocenters. The predicted molar refractivity (Wildman–Crippen MR) is 93.5 cm³/mol. The summed E-state index contributed by atoms with van der Waals surface area (Å²) in [6.45, 7) is 1.78. The van der Waals surface area contributed by atoms with Gasteiger partial charge in [-0.3, -0.25) is 9.52 Å². The van der Waals surface area contributed by atoms with Gasteiger partial charge in [0.05, 0.1) is 16.5 Å². The van der Waals surface area contributed by atoms with E-state index in [1.807, 2.05) is 0 Å². The molecule has 1 amide bonds. The lowest BCUT2D eigenvalue weighted by atomic mass is 10.2. The first-order valence-electron chi connectivity index (χ1n) is 7.08. The Hall–Kier alpha value is -2.05. The van der Waals surface area contributed by atoms with Gasteiger partial charge >= 0.3 is 0 Å². The second kappa shape index (κ2) is 7.48. The first kappa shape index (κ1) is 17.3. The Morgan fingerprint density at radius 2 is 1.87 bits per heavy atom. The topological polar surface area (TPSA) is 75.3 Å². The number of nitrogens with one attached hydrogen (secondary N) is 2. The molecule has 2 aromatic rings. The highest BCUT2D eigenvalue weighted by atomic mass is 35.5. The summed E-state index contributed by atoms with van der Waals surface area (Å²) in [6.07, 6.45) is 0.516. The molecule has 2 N–H and O–H groups in total. The van der Waals surface area contributed by atoms with E-state index in [9.17, 15) is 13.2 Å². The molecule has 23 heavy (non-hydrogen) atoms. The van der Waals surface area contributed by atoms with Crippen molar-refractivity contribution < 1.29 is 13.2 Å². The van der Waals surface area contributed by atoms with Gasteiger partial charge in [-0.15, -0.1) is 0 Å². The van der Waals surface area contributed by atoms with Crippen molar-refractivity contribution in [2.45, 2.75) is 13.3 Å². The highest BCUT2D eigenvalue weighted by molar-refractivity contribution is 7.92. The number of sulfonamides is 1. The zero-order chi connectivity index (χ0) is 16.9. The predicted octanol–water partition coefficient (Wildman–Crippen LogP) is 3.74. The van der Waals surface area contributed by atoms with Gasteiger partial charge in [0.25, 0.3) is 5.91 Å². The third-order valence-corrected chi connectivity index (χ3v) is 4.82. The molecule has 0 aromatic heterocycles. The van der Waals surface area contributed by atoms with Crippen LogP contribution in [-0.4, -0.2) is 20.1 Å². The largest absolute Gasteiger partial charge is 0.321 e. The Bertz CT molecular complexity index is 806. The number of carbonyl (C=O) groups is 1. The quantitative estimate of drug-likeness (QED) is 0.831. The Morgan fingerprint density at radius 1 is 1.13 bits per heavy atom. The van der Waals surface area contributed by atoms with Crippen LogP contribution >= 0.6 is 11.6 Å². The van der Waals surface area contributed by atoms with Gasteiger partial charge < -0.3 is 5.32 Å². The molecule has 0 saturated carbocycles. The van der Waals surface area contributed by atoms with E-state index in [4.69, 9.17) is 11.6 Å². The number of hydrogen-bond donors (Lipinski definition) is 2. The molecule has 0 aliphatic heterocycles. The summed E-state index contributed by atoms with van der Waals surface area (Å²) in [6, 6.07) is 13.2. The van der Waals surface area contributed by atoms with Crippen LogP contribution < -0.4 is 10.0 Å². The third kappa shape index (κ3) is 4.97. The van der Waals surface area contributed by atoms with E-state index in [-0.39, 0.29) is 11.7 Å². The highest BCUT2D eigenvalue weighted by Crippen LogP contribution is 2.22. The molecule has 0 radical (unpaired) electrons. The van der Waals surface area contributed by atoms with Gasteiger partial charge in [0.2, 0.25) is 10.0 Å². The minimum Gasteiger partial charge on any atom is -0.321 e. The molecular formula is C16H17ClN2O3S. The Labute approximate surface area is 140 Å². The summed E-state index contributed by atoms with van der Waals surface area (Å²) in [7, 11) is -3.40. The number of benzene rings is 2. The number of halogens is 1. The van der Waals surface area contributed by atoms with Crippen molar-refractivity contribution in [3.05, 3.63) is 59.1 Å². The smallest absolute Gasteiger partial charge is 0.255 e. The summed E-state index contributed by atoms with van der Waals surface area (Å²) >= 11 is 6.00. The van der Waals surface area contributed by atoms with E-state index in [0.717, 1.165) is 0 Å². The molecule has 7 heteroatoms. The van der Waals surface area contributed by atoms with Gasteiger partial charge in [-0.2, -0.15) is 0 Å². The summed E-state index contributed by atoms with van der Waals surface area (Å²) in [5.41, 5.74) is 1.18. The van der Waals surface area contributed by atoms with E-state index in [2.05, 4.69) is 10.0 Å². The zero-order valence-corrected chi connectivity index (χ0v) is 14.1. The molecule has 5 nitrogen and oxygen atoms in total. The monoisotopic (exact) mass is 352 g/mol. The van der Waals surface area contributed by atoms with Crippen LogP contribution in [-0.2, 0) is 10.0 Å². The summed E-state index contributed by atoms with van der Waals surface area (Å²) < 4.78 is 26.0. The standard InChI is InChI=1S/C16H17ClN2O3S/c1-2-10-23(21,22)19-13-7-5-6-12(11-13)16(20)18-15-9-4-3-8-14(15)17/h3-9,11,19H,2,10H2,1H3,(H,18,20). The van der Waals surface area contributed by atoms with Crippen LogP contribution in [0.4, 0.5) is 11.4 Å². The van der Waals surface area contributed by atoms with Crippen LogP contribution in [0.15, 0.2) is 48.5 Å². The minimum atomic E-state index is -3.40. The molecule has 0 aliphatic carbocycles. The molecule has 2 rings (SSSR count). The maximum atomic E-state index is 12.3. The average Bonchev–Trinajstić information content (AvgIpc) is 2.49. The first-order chi connectivity index (χ1) is 10.9. The van der Waals surface area contributed by atoms with E-state index in [0.29, 0.717) is 28.4 Å². The maximum absolute atomic E-state index is 12.3. The fourth-order valence-electron chi connectivity index (χ4n) is 1.98. The molecule has 122 valence electrons. The summed E-state index contributed by atoms with van der Waals surface area (Å²) in [5, 5.41) is 3.12. The van der Waals surface area contributed by atoms with Gasteiger partial charge in [-0.1, -0.05) is 36.7 Å². The highest BCUT2D eigenvalue weighted by Gasteiger charge is 2.12. The van der Waals surface area contributed by atoms with Crippen molar-refractivity contribution in [1.82, 2.24) is 0 Å². The van der Waals surface area contributed by atoms with Crippen LogP contribution in [0.25, 0.3) is 0 Å². The van der Waals surface area contributed by atoms with Gasteiger partial charge in [-0.25, -0.2) is 8.42 Å². The van der Waals surface area contributed by atoms with E-state index in [1.54, 1.807) is 49.4 Å². The summed E-state index contributed by atoms with van der Waals surface area (Å²) in [4.78, 5) is 12.3. The molecule has 0 spiro atoms. The molecular weight excluding hydrogens is 336 g/mol. The molecule has 0 aliphatic rings. The summed E-state index contributed by atoms with van der Waals surface area (Å²) in [5.74, 6) is -0.335. The van der Waals surface area contributed by atoms with Crippen molar-refractivity contribution in [2.75, 3.05) is 15.8 Å². The van der Waals surface area contributed by atoms with E-state index >= 15 is 0 Å². The fraction of sp³-hybridized carbons (Fsp3) is 0.188. The third-order valence-electron chi connectivity index (χ3n) is 2.99. The van der Waals surface area contributed by atoms with Crippen molar-refractivity contribution >= 4 is 38.9 Å². The number of amides is 1. The Balaban J connectivity index is 2.16. The number of anilines is 2. The van der Waals surface area contributed by atoms with Crippen LogP contribution in [0.5, 0.6) is 0 Å². The molecule has 0 unspecified atom stereocenters. The number of rotatable bonds is 6. The SMILES string of the molecule is CCCS(=O)(=O)Nc1cccc(C(=O)Nc2ccccc2Cl)c1. The molecule has 0 fully saturated rings. The van der Waals surface area contributed by atoms with E-state index in [1.165, 1.54) is 6.07 Å². The second-order valence-electron chi connectivity index (χ2n) is 4.94. The number of para-hydroxylation sites is 1.